The first kappa shape index (κ1) is 22.8. The van der Waals surface area contributed by atoms with Crippen LogP contribution in [-0.2, 0) is 42.9 Å². The molecule has 0 saturated carbocycles. The van der Waals surface area contributed by atoms with Crippen LogP contribution in [0.25, 0.3) is 0 Å². The van der Waals surface area contributed by atoms with Crippen LogP contribution < -0.4 is 0 Å². The molecule has 10 nitrogen and oxygen atoms in total. The monoisotopic (exact) mass is 474 g/mol. The molecule has 0 N–H and O–H groups in total. The van der Waals surface area contributed by atoms with Crippen molar-refractivity contribution in [2.75, 3.05) is 0 Å². The largest absolute Gasteiger partial charge is 0.459 e. The van der Waals surface area contributed by atoms with Crippen LogP contribution in [0.1, 0.15) is 62.9 Å². The molecule has 0 radical (unpaired) electrons. The van der Waals surface area contributed by atoms with Gasteiger partial charge in [0, 0.05) is 26.2 Å². The molecule has 4 aliphatic heterocycles. The number of esters is 3. The van der Waals surface area contributed by atoms with Gasteiger partial charge in [-0.1, -0.05) is 6.58 Å². The standard InChI is InChI=1S/C24H26O10/c1-10-6-15-20-23(5,33-20)8-16-21-24(34-21,22(28)32-16)17(29-12(3)26)7-14(11(2)9-25)19(18(10)31-15)30-13(4)27/h6,9,14,16-17,19-21H,2,7-8H2,1,3-5H3/t14-,16+,17+,19+,20-,21+,23-,24+/m0/s1. The Balaban J connectivity index is 1.65. The maximum absolute atomic E-state index is 13.0. The van der Waals surface area contributed by atoms with Gasteiger partial charge in [-0.3, -0.25) is 14.4 Å². The second kappa shape index (κ2) is 7.51. The fraction of sp³-hybridized carbons (Fsp3) is 0.583. The molecule has 0 unspecified atom stereocenters. The number of carbonyl (C=O) groups is 4. The molecule has 34 heavy (non-hydrogen) atoms. The lowest BCUT2D eigenvalue weighted by Crippen LogP contribution is -2.42. The number of hydrogen-bond donors (Lipinski definition) is 0. The maximum atomic E-state index is 13.0. The van der Waals surface area contributed by atoms with Crippen molar-refractivity contribution in [1.82, 2.24) is 0 Å². The Kier molecular flexibility index (Phi) is 5.04. The van der Waals surface area contributed by atoms with Crippen LogP contribution in [0.15, 0.2) is 22.6 Å². The molecule has 0 aliphatic carbocycles. The number of furan rings is 1. The van der Waals surface area contributed by atoms with E-state index in [0.717, 1.165) is 0 Å². The Hall–Kier alpha value is -2.98. The molecule has 0 amide bonds. The topological polar surface area (TPSA) is 134 Å². The van der Waals surface area contributed by atoms with Gasteiger partial charge >= 0.3 is 17.9 Å². The van der Waals surface area contributed by atoms with Gasteiger partial charge in [0.2, 0.25) is 5.60 Å². The van der Waals surface area contributed by atoms with Crippen molar-refractivity contribution in [3.8, 4) is 0 Å². The molecule has 1 aromatic heterocycles. The normalized spacial score (nSPS) is 39.7. The molecule has 3 fully saturated rings. The van der Waals surface area contributed by atoms with Crippen molar-refractivity contribution in [2.24, 2.45) is 5.92 Å². The first-order chi connectivity index (χ1) is 16.0. The minimum atomic E-state index is -1.50. The highest BCUT2D eigenvalue weighted by Gasteiger charge is 2.79. The summed E-state index contributed by atoms with van der Waals surface area (Å²) in [5.41, 5.74) is -1.39. The fourth-order valence-electron chi connectivity index (χ4n) is 5.40. The molecule has 8 atom stereocenters. The Bertz CT molecular complexity index is 1100. The van der Waals surface area contributed by atoms with Crippen molar-refractivity contribution >= 4 is 24.2 Å². The molecule has 5 heterocycles. The summed E-state index contributed by atoms with van der Waals surface area (Å²) in [4.78, 5) is 48.9. The second-order valence-electron chi connectivity index (χ2n) is 9.65. The van der Waals surface area contributed by atoms with E-state index in [1.54, 1.807) is 13.0 Å². The predicted molar refractivity (Wildman–Crippen MR) is 111 cm³/mol. The molecule has 4 bridgehead atoms. The van der Waals surface area contributed by atoms with Crippen LogP contribution in [0.4, 0.5) is 0 Å². The summed E-state index contributed by atoms with van der Waals surface area (Å²) < 4.78 is 34.8. The molecular weight excluding hydrogens is 448 g/mol. The van der Waals surface area contributed by atoms with E-state index in [1.165, 1.54) is 13.8 Å². The number of aryl methyl sites for hydroxylation is 1. The summed E-state index contributed by atoms with van der Waals surface area (Å²) in [6, 6.07) is 1.80. The molecular formula is C24H26O10. The number of ether oxygens (including phenoxy) is 5. The van der Waals surface area contributed by atoms with Crippen LogP contribution >= 0.6 is 0 Å². The Morgan fingerprint density at radius 3 is 2.53 bits per heavy atom. The third kappa shape index (κ3) is 3.39. The van der Waals surface area contributed by atoms with Crippen LogP contribution in [0.3, 0.4) is 0 Å². The predicted octanol–water partition coefficient (Wildman–Crippen LogP) is 2.18. The van der Waals surface area contributed by atoms with E-state index in [0.29, 0.717) is 29.8 Å². The smallest absolute Gasteiger partial charge is 0.345 e. The third-order valence-electron chi connectivity index (χ3n) is 7.13. The van der Waals surface area contributed by atoms with Gasteiger partial charge < -0.3 is 28.1 Å². The summed E-state index contributed by atoms with van der Waals surface area (Å²) in [6.07, 6.45) is -2.99. The van der Waals surface area contributed by atoms with Crippen LogP contribution in [0.2, 0.25) is 0 Å². The summed E-state index contributed by atoms with van der Waals surface area (Å²) in [5, 5.41) is 0. The quantitative estimate of drug-likeness (QED) is 0.210. The van der Waals surface area contributed by atoms with E-state index in [-0.39, 0.29) is 12.0 Å². The van der Waals surface area contributed by atoms with Crippen LogP contribution in [-0.4, -0.2) is 53.7 Å². The van der Waals surface area contributed by atoms with Crippen molar-refractivity contribution in [2.45, 2.75) is 82.3 Å². The van der Waals surface area contributed by atoms with Gasteiger partial charge in [-0.2, -0.15) is 0 Å². The molecule has 1 aromatic rings. The highest BCUT2D eigenvalue weighted by Crippen LogP contribution is 2.60. The average molecular weight is 474 g/mol. The van der Waals surface area contributed by atoms with Gasteiger partial charge in [0.1, 0.15) is 47.8 Å². The summed E-state index contributed by atoms with van der Waals surface area (Å²) in [7, 11) is 0. The van der Waals surface area contributed by atoms with Gasteiger partial charge in [0.25, 0.3) is 0 Å². The highest BCUT2D eigenvalue weighted by atomic mass is 16.7. The lowest BCUT2D eigenvalue weighted by atomic mass is 9.82. The summed E-state index contributed by atoms with van der Waals surface area (Å²) >= 11 is 0. The molecule has 3 saturated heterocycles. The lowest BCUT2D eigenvalue weighted by Gasteiger charge is -2.30. The van der Waals surface area contributed by atoms with Crippen molar-refractivity contribution in [3.63, 3.8) is 0 Å². The highest BCUT2D eigenvalue weighted by molar-refractivity contribution is 5.88. The minimum absolute atomic E-state index is 0.0830. The van der Waals surface area contributed by atoms with E-state index in [9.17, 15) is 19.2 Å². The SMILES string of the molecule is C=C(C=O)[C@@H]1C[C@@H](OC(C)=O)[C@@]23O[C@@H]2[C@@H](C[C@]2(C)O[C@H]2c2cc(C)c(o2)[C@@H]1OC(C)=O)OC3=O. The Morgan fingerprint density at radius 2 is 1.91 bits per heavy atom. The molecule has 5 rings (SSSR count). The fourth-order valence-corrected chi connectivity index (χ4v) is 5.40. The average Bonchev–Trinajstić information content (AvgIpc) is 3.58. The van der Waals surface area contributed by atoms with Gasteiger partial charge in [0.15, 0.2) is 6.10 Å². The molecule has 0 aromatic carbocycles. The summed E-state index contributed by atoms with van der Waals surface area (Å²) in [5.74, 6) is -1.89. The van der Waals surface area contributed by atoms with Gasteiger partial charge in [0.05, 0.1) is 0 Å². The van der Waals surface area contributed by atoms with Gasteiger partial charge in [-0.25, -0.2) is 4.79 Å². The first-order valence-corrected chi connectivity index (χ1v) is 11.2. The zero-order chi connectivity index (χ0) is 24.6. The third-order valence-corrected chi connectivity index (χ3v) is 7.13. The van der Waals surface area contributed by atoms with Crippen molar-refractivity contribution in [1.29, 1.82) is 0 Å². The van der Waals surface area contributed by atoms with E-state index in [1.807, 2.05) is 6.92 Å². The van der Waals surface area contributed by atoms with E-state index in [4.69, 9.17) is 28.1 Å². The van der Waals surface area contributed by atoms with E-state index < -0.39 is 65.5 Å². The number of epoxide rings is 2. The first-order valence-electron chi connectivity index (χ1n) is 11.2. The zero-order valence-electron chi connectivity index (χ0n) is 19.3. The number of carbonyl (C=O) groups excluding carboxylic acids is 4. The maximum Gasteiger partial charge on any atom is 0.345 e. The van der Waals surface area contributed by atoms with E-state index >= 15 is 0 Å². The molecule has 0 spiro atoms. The number of rotatable bonds is 4. The summed E-state index contributed by atoms with van der Waals surface area (Å²) in [6.45, 7) is 9.97. The second-order valence-corrected chi connectivity index (χ2v) is 9.65. The number of aldehydes is 1. The van der Waals surface area contributed by atoms with Crippen LogP contribution in [0, 0.1) is 12.8 Å². The minimum Gasteiger partial charge on any atom is -0.459 e. The van der Waals surface area contributed by atoms with Crippen molar-refractivity contribution in [3.05, 3.63) is 35.3 Å². The van der Waals surface area contributed by atoms with Crippen molar-refractivity contribution < 1.29 is 47.3 Å². The lowest BCUT2D eigenvalue weighted by molar-refractivity contribution is -0.167. The number of hydrogen-bond acceptors (Lipinski definition) is 10. The van der Waals surface area contributed by atoms with Gasteiger partial charge in [-0.05, 0) is 37.5 Å². The Morgan fingerprint density at radius 1 is 1.21 bits per heavy atom. The number of fused-ring (bicyclic) bond motifs is 4. The zero-order valence-corrected chi connectivity index (χ0v) is 19.3. The Labute approximate surface area is 195 Å². The van der Waals surface area contributed by atoms with Crippen LogP contribution in [0.5, 0.6) is 0 Å². The molecule has 10 heteroatoms. The molecule has 4 aliphatic rings. The van der Waals surface area contributed by atoms with Gasteiger partial charge in [-0.15, -0.1) is 0 Å². The van der Waals surface area contributed by atoms with E-state index in [2.05, 4.69) is 6.58 Å². The molecule has 182 valence electrons.